The highest BCUT2D eigenvalue weighted by molar-refractivity contribution is 5.69. The van der Waals surface area contributed by atoms with Crippen LogP contribution in [0.5, 0.6) is 0 Å². The molecule has 2 aliphatic rings. The number of rotatable bonds is 7. The van der Waals surface area contributed by atoms with E-state index in [2.05, 4.69) is 15.3 Å². The molecule has 2 fully saturated rings. The van der Waals surface area contributed by atoms with Crippen molar-refractivity contribution in [1.82, 2.24) is 14.9 Å². The van der Waals surface area contributed by atoms with Gasteiger partial charge in [-0.2, -0.15) is 13.2 Å². The zero-order valence-electron chi connectivity index (χ0n) is 13.0. The lowest BCUT2D eigenvalue weighted by Gasteiger charge is -2.42. The summed E-state index contributed by atoms with van der Waals surface area (Å²) in [5.74, 6) is -0.309. The van der Waals surface area contributed by atoms with Gasteiger partial charge >= 0.3 is 12.1 Å². The van der Waals surface area contributed by atoms with Crippen LogP contribution in [0, 0.1) is 5.92 Å². The highest BCUT2D eigenvalue weighted by atomic mass is 19.4. The molecule has 1 aromatic rings. The van der Waals surface area contributed by atoms with E-state index in [1.165, 1.54) is 0 Å². The average molecular weight is 344 g/mol. The van der Waals surface area contributed by atoms with Gasteiger partial charge < -0.3 is 10.4 Å². The number of nitrogens with one attached hydrogen (secondary N) is 1. The first kappa shape index (κ1) is 16.9. The highest BCUT2D eigenvalue weighted by Crippen LogP contribution is 2.34. The van der Waals surface area contributed by atoms with Crippen molar-refractivity contribution >= 4 is 11.9 Å². The first-order valence-corrected chi connectivity index (χ1v) is 7.94. The van der Waals surface area contributed by atoms with E-state index in [1.54, 1.807) is 0 Å². The molecule has 0 atom stereocenters. The van der Waals surface area contributed by atoms with Crippen LogP contribution in [0.25, 0.3) is 0 Å². The van der Waals surface area contributed by atoms with E-state index in [4.69, 9.17) is 5.11 Å². The summed E-state index contributed by atoms with van der Waals surface area (Å²) in [6, 6.07) is 0.942. The minimum atomic E-state index is -4.50. The molecule has 0 bridgehead atoms. The molecule has 2 saturated carbocycles. The maximum Gasteiger partial charge on any atom is 0.433 e. The van der Waals surface area contributed by atoms with E-state index >= 15 is 0 Å². The molecule has 24 heavy (non-hydrogen) atoms. The van der Waals surface area contributed by atoms with Crippen molar-refractivity contribution in [2.45, 2.75) is 43.9 Å². The molecule has 0 radical (unpaired) electrons. The molecular weight excluding hydrogens is 325 g/mol. The summed E-state index contributed by atoms with van der Waals surface area (Å²) in [6.45, 7) is 0.789. The van der Waals surface area contributed by atoms with Crippen molar-refractivity contribution in [3.63, 3.8) is 0 Å². The molecule has 0 amide bonds. The Labute approximate surface area is 137 Å². The van der Waals surface area contributed by atoms with Gasteiger partial charge in [-0.1, -0.05) is 0 Å². The van der Waals surface area contributed by atoms with Crippen LogP contribution in [0.2, 0.25) is 0 Å². The fraction of sp³-hybridized carbons (Fsp3) is 0.667. The van der Waals surface area contributed by atoms with Gasteiger partial charge in [0.2, 0.25) is 5.95 Å². The molecule has 1 heterocycles. The monoisotopic (exact) mass is 344 g/mol. The summed E-state index contributed by atoms with van der Waals surface area (Å²) in [5.41, 5.74) is -0.975. The predicted molar refractivity (Wildman–Crippen MR) is 79.4 cm³/mol. The number of aliphatic carboxylic acids is 1. The third kappa shape index (κ3) is 4.34. The fourth-order valence-corrected chi connectivity index (χ4v) is 2.92. The summed E-state index contributed by atoms with van der Waals surface area (Å²) in [7, 11) is 0. The van der Waals surface area contributed by atoms with Crippen molar-refractivity contribution < 1.29 is 23.1 Å². The van der Waals surface area contributed by atoms with Crippen molar-refractivity contribution in [2.24, 2.45) is 5.92 Å². The Morgan fingerprint density at radius 1 is 1.38 bits per heavy atom. The highest BCUT2D eigenvalue weighted by Gasteiger charge is 2.38. The number of hydrogen-bond acceptors (Lipinski definition) is 5. The van der Waals surface area contributed by atoms with Gasteiger partial charge in [0.1, 0.15) is 5.69 Å². The Bertz CT molecular complexity index is 601. The lowest BCUT2D eigenvalue weighted by molar-refractivity contribution is -0.141. The summed E-state index contributed by atoms with van der Waals surface area (Å²) in [5, 5.41) is 11.9. The van der Waals surface area contributed by atoms with Gasteiger partial charge in [0.25, 0.3) is 0 Å². The van der Waals surface area contributed by atoms with Crippen molar-refractivity contribution in [2.75, 3.05) is 18.4 Å². The molecule has 2 aliphatic carbocycles. The number of halogens is 3. The number of hydrogen-bond donors (Lipinski definition) is 2. The quantitative estimate of drug-likeness (QED) is 0.790. The largest absolute Gasteiger partial charge is 0.480 e. The second-order valence-corrected chi connectivity index (χ2v) is 6.50. The smallest absolute Gasteiger partial charge is 0.433 e. The van der Waals surface area contributed by atoms with Gasteiger partial charge in [-0.3, -0.25) is 9.69 Å². The van der Waals surface area contributed by atoms with Gasteiger partial charge in [-0.15, -0.1) is 0 Å². The second kappa shape index (κ2) is 6.54. The lowest BCUT2D eigenvalue weighted by Crippen LogP contribution is -2.52. The number of nitrogens with zero attached hydrogens (tertiary/aromatic N) is 3. The molecule has 0 spiro atoms. The van der Waals surface area contributed by atoms with Crippen LogP contribution in [-0.2, 0) is 11.0 Å². The van der Waals surface area contributed by atoms with Crippen LogP contribution in [0.3, 0.4) is 0 Å². The van der Waals surface area contributed by atoms with Crippen LogP contribution in [0.1, 0.15) is 31.4 Å². The van der Waals surface area contributed by atoms with E-state index in [-0.39, 0.29) is 24.6 Å². The Kier molecular flexibility index (Phi) is 4.62. The van der Waals surface area contributed by atoms with Crippen LogP contribution < -0.4 is 5.32 Å². The fourth-order valence-electron chi connectivity index (χ4n) is 2.92. The van der Waals surface area contributed by atoms with E-state index in [9.17, 15) is 18.0 Å². The summed E-state index contributed by atoms with van der Waals surface area (Å²) < 4.78 is 37.9. The Hall–Kier alpha value is -1.90. The van der Waals surface area contributed by atoms with Crippen LogP contribution >= 0.6 is 0 Å². The number of anilines is 1. The maximum atomic E-state index is 12.6. The van der Waals surface area contributed by atoms with Crippen LogP contribution in [0.15, 0.2) is 12.3 Å². The Balaban J connectivity index is 1.53. The van der Waals surface area contributed by atoms with Crippen LogP contribution in [0.4, 0.5) is 19.1 Å². The number of carboxylic acids is 1. The Morgan fingerprint density at radius 3 is 2.67 bits per heavy atom. The van der Waals surface area contributed by atoms with Gasteiger partial charge in [0.15, 0.2) is 0 Å². The third-order valence-electron chi connectivity index (χ3n) is 4.44. The molecule has 1 aromatic heterocycles. The molecule has 9 heteroatoms. The molecule has 132 valence electrons. The van der Waals surface area contributed by atoms with E-state index in [1.807, 2.05) is 4.90 Å². The first-order valence-electron chi connectivity index (χ1n) is 7.94. The second-order valence-electron chi connectivity index (χ2n) is 6.50. The van der Waals surface area contributed by atoms with Gasteiger partial charge in [0, 0.05) is 24.8 Å². The lowest BCUT2D eigenvalue weighted by atomic mass is 9.85. The minimum Gasteiger partial charge on any atom is -0.480 e. The van der Waals surface area contributed by atoms with E-state index < -0.39 is 17.8 Å². The van der Waals surface area contributed by atoms with Gasteiger partial charge in [-0.25, -0.2) is 9.97 Å². The van der Waals surface area contributed by atoms with Gasteiger partial charge in [-0.05, 0) is 37.7 Å². The number of carbonyl (C=O) groups is 1. The minimum absolute atomic E-state index is 0.00788. The molecule has 0 aliphatic heterocycles. The summed E-state index contributed by atoms with van der Waals surface area (Å²) in [6.07, 6.45) is 0.229. The van der Waals surface area contributed by atoms with Crippen molar-refractivity contribution in [3.05, 3.63) is 18.0 Å². The Morgan fingerprint density at radius 2 is 2.08 bits per heavy atom. The summed E-state index contributed by atoms with van der Waals surface area (Å²) in [4.78, 5) is 20.2. The molecule has 0 saturated heterocycles. The molecule has 0 unspecified atom stereocenters. The molecule has 6 nitrogen and oxygen atoms in total. The van der Waals surface area contributed by atoms with Crippen molar-refractivity contribution in [3.8, 4) is 0 Å². The molecule has 3 rings (SSSR count). The number of aromatic nitrogens is 2. The third-order valence-corrected chi connectivity index (χ3v) is 4.44. The number of alkyl halides is 3. The number of carboxylic acid groups (broad SMARTS) is 1. The van der Waals surface area contributed by atoms with Crippen LogP contribution in [-0.4, -0.2) is 51.1 Å². The van der Waals surface area contributed by atoms with Crippen molar-refractivity contribution in [1.29, 1.82) is 0 Å². The normalized spacial score (nSPS) is 23.8. The predicted octanol–water partition coefficient (Wildman–Crippen LogP) is 2.23. The molecular formula is C15H19F3N4O2. The average Bonchev–Trinajstić information content (AvgIpc) is 3.24. The van der Waals surface area contributed by atoms with E-state index in [0.29, 0.717) is 18.8 Å². The molecule has 2 N–H and O–H groups in total. The van der Waals surface area contributed by atoms with Gasteiger partial charge in [0.05, 0.1) is 6.54 Å². The standard InChI is InChI=1S/C15H19F3N4O2/c16-15(17,18)12-3-4-19-14(21-12)20-10-5-11(6-10)22(8-13(23)24)7-9-1-2-9/h3-4,9-11H,1-2,5-8H2,(H,23,24)(H,19,20,21). The first-order chi connectivity index (χ1) is 11.3. The zero-order valence-corrected chi connectivity index (χ0v) is 13.0. The van der Waals surface area contributed by atoms with E-state index in [0.717, 1.165) is 31.6 Å². The molecule has 0 aromatic carbocycles. The maximum absolute atomic E-state index is 12.6. The topological polar surface area (TPSA) is 78.4 Å². The summed E-state index contributed by atoms with van der Waals surface area (Å²) >= 11 is 0. The SMILES string of the molecule is O=C(O)CN(CC1CC1)C1CC(Nc2nccc(C(F)(F)F)n2)C1. The zero-order chi connectivity index (χ0) is 17.3.